The molecule has 0 amide bonds. The van der Waals surface area contributed by atoms with Crippen LogP contribution in [0.4, 0.5) is 15.2 Å². The molecule has 0 unspecified atom stereocenters. The zero-order chi connectivity index (χ0) is 21.1. The lowest BCUT2D eigenvalue weighted by molar-refractivity contribution is 0.102. The Bertz CT molecular complexity index is 1170. The summed E-state index contributed by atoms with van der Waals surface area (Å²) in [6.45, 7) is 3.84. The number of benzene rings is 2. The zero-order valence-corrected chi connectivity index (χ0v) is 18.1. The summed E-state index contributed by atoms with van der Waals surface area (Å²) >= 11 is 2.79. The van der Waals surface area contributed by atoms with Crippen molar-refractivity contribution in [3.63, 3.8) is 0 Å². The van der Waals surface area contributed by atoms with Gasteiger partial charge in [-0.1, -0.05) is 41.3 Å². The lowest BCUT2D eigenvalue weighted by Crippen LogP contribution is -2.05. The van der Waals surface area contributed by atoms with Gasteiger partial charge >= 0.3 is 0 Å². The lowest BCUT2D eigenvalue weighted by atomic mass is 10.2. The quantitative estimate of drug-likeness (QED) is 0.292. The number of anilines is 2. The van der Waals surface area contributed by atoms with Crippen molar-refractivity contribution in [1.29, 1.82) is 0 Å². The smallest absolute Gasteiger partial charge is 0.210 e. The molecule has 0 fully saturated rings. The Morgan fingerprint density at radius 3 is 2.57 bits per heavy atom. The second-order valence-corrected chi connectivity index (χ2v) is 8.87. The average Bonchev–Trinajstić information content (AvgIpc) is 3.31. The minimum atomic E-state index is -0.285. The van der Waals surface area contributed by atoms with E-state index >= 15 is 0 Å². The number of carbonyl (C=O) groups excluding carboxylic acids is 1. The Labute approximate surface area is 182 Å². The monoisotopic (exact) mass is 438 g/mol. The number of aryl methyl sites for hydroxylation is 1. The number of hydrogen-bond donors (Lipinski definition) is 1. The maximum atomic E-state index is 13.2. The summed E-state index contributed by atoms with van der Waals surface area (Å²) in [5.74, 6) is 0.00885. The maximum Gasteiger partial charge on any atom is 0.210 e. The molecule has 5 nitrogen and oxygen atoms in total. The van der Waals surface area contributed by atoms with Crippen LogP contribution in [0.2, 0.25) is 0 Å². The number of para-hydroxylation sites is 1. The third kappa shape index (κ3) is 4.44. The summed E-state index contributed by atoms with van der Waals surface area (Å²) in [4.78, 5) is 12.8. The number of ketones is 1. The Morgan fingerprint density at radius 2 is 1.83 bits per heavy atom. The van der Waals surface area contributed by atoms with Crippen LogP contribution in [0, 0.1) is 19.7 Å². The molecule has 0 aliphatic carbocycles. The standard InChI is InChI=1S/C22H19FN4OS2/c1-14-12-19(15(2)27(14)18-10-8-16(23)9-11-18)20(28)13-29-22-26-25-21(30-22)24-17-6-4-3-5-7-17/h3-12H,13H2,1-2H3,(H,24,25). The highest BCUT2D eigenvalue weighted by molar-refractivity contribution is 8.01. The first-order chi connectivity index (χ1) is 14.5. The Balaban J connectivity index is 1.44. The van der Waals surface area contributed by atoms with Gasteiger partial charge in [-0.3, -0.25) is 4.79 Å². The number of nitrogens with one attached hydrogen (secondary N) is 1. The van der Waals surface area contributed by atoms with Gasteiger partial charge in [-0.05, 0) is 56.3 Å². The van der Waals surface area contributed by atoms with Gasteiger partial charge in [0.2, 0.25) is 5.13 Å². The molecule has 2 heterocycles. The Morgan fingerprint density at radius 1 is 1.10 bits per heavy atom. The molecule has 152 valence electrons. The van der Waals surface area contributed by atoms with E-state index in [1.165, 1.54) is 35.2 Å². The van der Waals surface area contributed by atoms with Crippen molar-refractivity contribution in [3.05, 3.63) is 83.4 Å². The molecular formula is C22H19FN4OS2. The third-order valence-electron chi connectivity index (χ3n) is 4.57. The van der Waals surface area contributed by atoms with Crippen molar-refractivity contribution in [2.75, 3.05) is 11.1 Å². The van der Waals surface area contributed by atoms with E-state index in [1.807, 2.05) is 54.8 Å². The second kappa shape index (κ2) is 8.81. The van der Waals surface area contributed by atoms with E-state index in [2.05, 4.69) is 15.5 Å². The molecule has 30 heavy (non-hydrogen) atoms. The Kier molecular flexibility index (Phi) is 5.96. The molecule has 0 saturated heterocycles. The highest BCUT2D eigenvalue weighted by Gasteiger charge is 2.18. The van der Waals surface area contributed by atoms with Crippen LogP contribution in [-0.2, 0) is 0 Å². The van der Waals surface area contributed by atoms with E-state index in [9.17, 15) is 9.18 Å². The van der Waals surface area contributed by atoms with Gasteiger partial charge in [0.25, 0.3) is 0 Å². The van der Waals surface area contributed by atoms with Gasteiger partial charge in [0, 0.05) is 28.3 Å². The molecule has 0 aliphatic rings. The van der Waals surface area contributed by atoms with Gasteiger partial charge in [-0.2, -0.15) is 0 Å². The van der Waals surface area contributed by atoms with E-state index in [1.54, 1.807) is 12.1 Å². The van der Waals surface area contributed by atoms with Crippen molar-refractivity contribution in [2.24, 2.45) is 0 Å². The first-order valence-electron chi connectivity index (χ1n) is 9.28. The molecule has 0 saturated carbocycles. The van der Waals surface area contributed by atoms with Crippen LogP contribution in [-0.4, -0.2) is 26.3 Å². The summed E-state index contributed by atoms with van der Waals surface area (Å²) in [7, 11) is 0. The largest absolute Gasteiger partial charge is 0.330 e. The summed E-state index contributed by atoms with van der Waals surface area (Å²) in [5, 5.41) is 12.2. The van der Waals surface area contributed by atoms with Crippen molar-refractivity contribution < 1.29 is 9.18 Å². The third-order valence-corrected chi connectivity index (χ3v) is 6.55. The molecule has 1 N–H and O–H groups in total. The van der Waals surface area contributed by atoms with Crippen molar-refractivity contribution in [1.82, 2.24) is 14.8 Å². The van der Waals surface area contributed by atoms with Crippen molar-refractivity contribution >= 4 is 39.7 Å². The maximum absolute atomic E-state index is 13.2. The predicted octanol–water partition coefficient (Wildman–Crippen LogP) is 5.80. The Hall–Kier alpha value is -2.97. The summed E-state index contributed by atoms with van der Waals surface area (Å²) in [6.07, 6.45) is 0. The summed E-state index contributed by atoms with van der Waals surface area (Å²) in [5.41, 5.74) is 4.20. The number of aromatic nitrogens is 3. The number of carbonyl (C=O) groups is 1. The number of halogens is 1. The number of thioether (sulfide) groups is 1. The van der Waals surface area contributed by atoms with Crippen molar-refractivity contribution in [3.8, 4) is 5.69 Å². The predicted molar refractivity (Wildman–Crippen MR) is 120 cm³/mol. The molecule has 2 aromatic carbocycles. The molecule has 0 bridgehead atoms. The lowest BCUT2D eigenvalue weighted by Gasteiger charge is -2.09. The van der Waals surface area contributed by atoms with Gasteiger partial charge in [0.15, 0.2) is 10.1 Å². The van der Waals surface area contributed by atoms with E-state index in [-0.39, 0.29) is 17.4 Å². The topological polar surface area (TPSA) is 59.8 Å². The summed E-state index contributed by atoms with van der Waals surface area (Å²) in [6, 6.07) is 17.9. The number of nitrogens with zero attached hydrogens (tertiary/aromatic N) is 3. The fraction of sp³-hybridized carbons (Fsp3) is 0.136. The molecule has 4 aromatic rings. The molecule has 4 rings (SSSR count). The number of rotatable bonds is 7. The number of Topliss-reactive ketones (excluding diaryl/α,β-unsaturated/α-hetero) is 1. The van der Waals surface area contributed by atoms with Gasteiger partial charge in [-0.15, -0.1) is 10.2 Å². The van der Waals surface area contributed by atoms with E-state index < -0.39 is 0 Å². The minimum Gasteiger partial charge on any atom is -0.330 e. The first kappa shape index (κ1) is 20.3. The van der Waals surface area contributed by atoms with Crippen LogP contribution >= 0.6 is 23.1 Å². The zero-order valence-electron chi connectivity index (χ0n) is 16.4. The highest BCUT2D eigenvalue weighted by atomic mass is 32.2. The highest BCUT2D eigenvalue weighted by Crippen LogP contribution is 2.29. The SMILES string of the molecule is Cc1cc(C(=O)CSc2nnc(Nc3ccccc3)s2)c(C)n1-c1ccc(F)cc1. The van der Waals surface area contributed by atoms with Crippen LogP contribution in [0.1, 0.15) is 21.7 Å². The minimum absolute atomic E-state index is 0.0224. The van der Waals surface area contributed by atoms with Crippen molar-refractivity contribution in [2.45, 2.75) is 18.2 Å². The van der Waals surface area contributed by atoms with Crippen LogP contribution in [0.15, 0.2) is 65.0 Å². The molecular weight excluding hydrogens is 419 g/mol. The average molecular weight is 439 g/mol. The van der Waals surface area contributed by atoms with Gasteiger partial charge in [-0.25, -0.2) is 4.39 Å². The van der Waals surface area contributed by atoms with Gasteiger partial charge in [0.1, 0.15) is 5.82 Å². The van der Waals surface area contributed by atoms with Crippen LogP contribution < -0.4 is 5.32 Å². The molecule has 8 heteroatoms. The first-order valence-corrected chi connectivity index (χ1v) is 11.1. The normalized spacial score (nSPS) is 10.9. The van der Waals surface area contributed by atoms with E-state index in [0.29, 0.717) is 10.7 Å². The van der Waals surface area contributed by atoms with Crippen LogP contribution in [0.3, 0.4) is 0 Å². The van der Waals surface area contributed by atoms with Gasteiger partial charge < -0.3 is 9.88 Å². The summed E-state index contributed by atoms with van der Waals surface area (Å²) < 4.78 is 15.9. The fourth-order valence-corrected chi connectivity index (χ4v) is 4.86. The number of hydrogen-bond acceptors (Lipinski definition) is 6. The van der Waals surface area contributed by atoms with E-state index in [0.717, 1.165) is 27.1 Å². The molecule has 2 aromatic heterocycles. The second-order valence-electron chi connectivity index (χ2n) is 6.67. The van der Waals surface area contributed by atoms with Crippen LogP contribution in [0.25, 0.3) is 5.69 Å². The van der Waals surface area contributed by atoms with Gasteiger partial charge in [0.05, 0.1) is 5.75 Å². The molecule has 0 atom stereocenters. The molecule has 0 spiro atoms. The fourth-order valence-electron chi connectivity index (χ4n) is 3.20. The molecule has 0 aliphatic heterocycles. The molecule has 0 radical (unpaired) electrons. The van der Waals surface area contributed by atoms with Crippen LogP contribution in [0.5, 0.6) is 0 Å². The van der Waals surface area contributed by atoms with E-state index in [4.69, 9.17) is 0 Å².